The largest absolute Gasteiger partial charge is 0.352 e. The third-order valence-corrected chi connectivity index (χ3v) is 6.97. The molecule has 0 spiro atoms. The second-order valence-electron chi connectivity index (χ2n) is 9.54. The summed E-state index contributed by atoms with van der Waals surface area (Å²) in [5.74, 6) is 0.294. The lowest BCUT2D eigenvalue weighted by Gasteiger charge is -2.34. The van der Waals surface area contributed by atoms with Crippen LogP contribution in [-0.2, 0) is 13.0 Å². The summed E-state index contributed by atoms with van der Waals surface area (Å²) in [4.78, 5) is 2.23. The molecule has 3 aromatic rings. The first-order valence-electron chi connectivity index (χ1n) is 12.8. The number of nitrogens with zero attached hydrogens (tertiary/aromatic N) is 1. The zero-order valence-electron chi connectivity index (χ0n) is 20.6. The van der Waals surface area contributed by atoms with Crippen LogP contribution < -0.4 is 15.5 Å². The summed E-state index contributed by atoms with van der Waals surface area (Å²) in [7, 11) is 0. The molecule has 1 aliphatic carbocycles. The monoisotopic (exact) mass is 467 g/mol. The standard InChI is InChI=1S/C31H34FN3/c1-3-16-33-27-13-10-23(18-25(27)4-2)17-24-11-14-28-30(19-24)35(21-22-8-6-5-7-9-22)31-20-26(32)12-15-29(31)34-28/h5-15,18-20,25,27,33-34H,3-4,16-17,21H2,1-2H3. The van der Waals surface area contributed by atoms with Crippen LogP contribution in [0.2, 0.25) is 0 Å². The van der Waals surface area contributed by atoms with Crippen molar-refractivity contribution < 1.29 is 4.39 Å². The number of nitrogens with one attached hydrogen (secondary N) is 2. The smallest absolute Gasteiger partial charge is 0.125 e. The first-order valence-corrected chi connectivity index (χ1v) is 12.8. The number of allylic oxidation sites excluding steroid dienone is 2. The lowest BCUT2D eigenvalue weighted by molar-refractivity contribution is 0.454. The molecular formula is C31H34FN3. The van der Waals surface area contributed by atoms with E-state index >= 15 is 0 Å². The number of halogens is 1. The van der Waals surface area contributed by atoms with E-state index in [1.807, 2.05) is 12.1 Å². The molecule has 2 atom stereocenters. The molecule has 180 valence electrons. The molecule has 0 radical (unpaired) electrons. The first kappa shape index (κ1) is 23.4. The van der Waals surface area contributed by atoms with Gasteiger partial charge in [0.15, 0.2) is 0 Å². The number of fused-ring (bicyclic) bond motifs is 2. The molecule has 3 aromatic carbocycles. The van der Waals surface area contributed by atoms with Crippen LogP contribution in [0.5, 0.6) is 0 Å². The van der Waals surface area contributed by atoms with Crippen LogP contribution in [0.3, 0.4) is 0 Å². The maximum Gasteiger partial charge on any atom is 0.125 e. The van der Waals surface area contributed by atoms with E-state index in [4.69, 9.17) is 0 Å². The van der Waals surface area contributed by atoms with Gasteiger partial charge in [0.25, 0.3) is 0 Å². The summed E-state index contributed by atoms with van der Waals surface area (Å²) < 4.78 is 14.3. The van der Waals surface area contributed by atoms with Gasteiger partial charge in [0.1, 0.15) is 5.82 Å². The van der Waals surface area contributed by atoms with E-state index in [0.717, 1.165) is 48.6 Å². The fraction of sp³-hybridized carbons (Fsp3) is 0.290. The van der Waals surface area contributed by atoms with Gasteiger partial charge in [0.05, 0.1) is 22.7 Å². The van der Waals surface area contributed by atoms with E-state index in [0.29, 0.717) is 18.5 Å². The van der Waals surface area contributed by atoms with Gasteiger partial charge in [-0.25, -0.2) is 4.39 Å². The van der Waals surface area contributed by atoms with Crippen molar-refractivity contribution in [3.8, 4) is 0 Å². The molecule has 2 N–H and O–H groups in total. The van der Waals surface area contributed by atoms with Gasteiger partial charge in [-0.05, 0) is 78.8 Å². The van der Waals surface area contributed by atoms with Crippen molar-refractivity contribution in [3.05, 3.63) is 107 Å². The minimum atomic E-state index is -0.224. The molecule has 2 unspecified atom stereocenters. The summed E-state index contributed by atoms with van der Waals surface area (Å²) in [6.45, 7) is 6.20. The third kappa shape index (κ3) is 5.18. The molecule has 1 heterocycles. The Balaban J connectivity index is 1.44. The van der Waals surface area contributed by atoms with Crippen molar-refractivity contribution in [1.82, 2.24) is 5.32 Å². The molecular weight excluding hydrogens is 433 g/mol. The van der Waals surface area contributed by atoms with Gasteiger partial charge in [-0.3, -0.25) is 0 Å². The lowest BCUT2D eigenvalue weighted by atomic mass is 9.87. The predicted molar refractivity (Wildman–Crippen MR) is 145 cm³/mol. The van der Waals surface area contributed by atoms with Crippen molar-refractivity contribution in [1.29, 1.82) is 0 Å². The molecule has 5 rings (SSSR count). The van der Waals surface area contributed by atoms with Gasteiger partial charge < -0.3 is 15.5 Å². The Morgan fingerprint density at radius 3 is 2.46 bits per heavy atom. The number of hydrogen-bond donors (Lipinski definition) is 2. The highest BCUT2D eigenvalue weighted by atomic mass is 19.1. The molecule has 0 saturated heterocycles. The molecule has 35 heavy (non-hydrogen) atoms. The molecule has 0 bridgehead atoms. The highest BCUT2D eigenvalue weighted by molar-refractivity contribution is 5.92. The van der Waals surface area contributed by atoms with Crippen LogP contribution >= 0.6 is 0 Å². The molecule has 2 aliphatic rings. The Labute approximate surface area is 208 Å². The fourth-order valence-electron chi connectivity index (χ4n) is 5.12. The Kier molecular flexibility index (Phi) is 7.01. The second kappa shape index (κ2) is 10.5. The number of anilines is 4. The highest BCUT2D eigenvalue weighted by Gasteiger charge is 2.24. The summed E-state index contributed by atoms with van der Waals surface area (Å²) in [6.07, 6.45) is 10.2. The average Bonchev–Trinajstić information content (AvgIpc) is 2.89. The van der Waals surface area contributed by atoms with Crippen molar-refractivity contribution in [2.45, 2.75) is 45.7 Å². The van der Waals surface area contributed by atoms with E-state index < -0.39 is 0 Å². The topological polar surface area (TPSA) is 27.3 Å². The molecule has 0 aromatic heterocycles. The quantitative estimate of drug-likeness (QED) is 0.356. The van der Waals surface area contributed by atoms with Crippen molar-refractivity contribution in [2.24, 2.45) is 5.92 Å². The van der Waals surface area contributed by atoms with Crippen LogP contribution in [0.25, 0.3) is 0 Å². The zero-order chi connectivity index (χ0) is 24.2. The van der Waals surface area contributed by atoms with Gasteiger partial charge in [-0.15, -0.1) is 0 Å². The predicted octanol–water partition coefficient (Wildman–Crippen LogP) is 7.65. The van der Waals surface area contributed by atoms with Crippen molar-refractivity contribution in [2.75, 3.05) is 16.8 Å². The Morgan fingerprint density at radius 2 is 1.69 bits per heavy atom. The van der Waals surface area contributed by atoms with Crippen molar-refractivity contribution in [3.63, 3.8) is 0 Å². The lowest BCUT2D eigenvalue weighted by Crippen LogP contribution is -2.35. The van der Waals surface area contributed by atoms with E-state index in [9.17, 15) is 4.39 Å². The summed E-state index contributed by atoms with van der Waals surface area (Å²) in [5.41, 5.74) is 7.73. The molecule has 1 aliphatic heterocycles. The van der Waals surface area contributed by atoms with Gasteiger partial charge in [0, 0.05) is 12.6 Å². The van der Waals surface area contributed by atoms with E-state index in [2.05, 4.69) is 90.1 Å². The van der Waals surface area contributed by atoms with E-state index in [-0.39, 0.29) is 5.82 Å². The van der Waals surface area contributed by atoms with Gasteiger partial charge >= 0.3 is 0 Å². The minimum Gasteiger partial charge on any atom is -0.352 e. The zero-order valence-corrected chi connectivity index (χ0v) is 20.6. The van der Waals surface area contributed by atoms with Crippen LogP contribution in [0, 0.1) is 11.7 Å². The normalized spacial score (nSPS) is 18.5. The Bertz CT molecular complexity index is 1230. The molecule has 0 amide bonds. The maximum atomic E-state index is 14.3. The van der Waals surface area contributed by atoms with E-state index in [1.54, 1.807) is 6.07 Å². The van der Waals surface area contributed by atoms with Gasteiger partial charge in [-0.2, -0.15) is 0 Å². The summed E-state index contributed by atoms with van der Waals surface area (Å²) in [5, 5.41) is 7.17. The fourth-order valence-corrected chi connectivity index (χ4v) is 5.12. The number of hydrogen-bond acceptors (Lipinski definition) is 3. The molecule has 0 saturated carbocycles. The Hall–Kier alpha value is -3.37. The second-order valence-corrected chi connectivity index (χ2v) is 9.54. The molecule has 0 fully saturated rings. The maximum absolute atomic E-state index is 14.3. The van der Waals surface area contributed by atoms with Crippen LogP contribution in [0.4, 0.5) is 27.1 Å². The van der Waals surface area contributed by atoms with Gasteiger partial charge in [-0.1, -0.05) is 68.5 Å². The van der Waals surface area contributed by atoms with Crippen LogP contribution in [-0.4, -0.2) is 12.6 Å². The summed E-state index contributed by atoms with van der Waals surface area (Å²) in [6, 6.07) is 22.4. The molecule has 4 heteroatoms. The van der Waals surface area contributed by atoms with E-state index in [1.165, 1.54) is 22.8 Å². The average molecular weight is 468 g/mol. The summed E-state index contributed by atoms with van der Waals surface area (Å²) >= 11 is 0. The van der Waals surface area contributed by atoms with Crippen LogP contribution in [0.15, 0.2) is 90.5 Å². The minimum absolute atomic E-state index is 0.224. The SMILES string of the molecule is CCCNC1C=CC(Cc2ccc3c(c2)N(Cc2ccccc2)c2cc(F)ccc2N3)=CC1CC. The Morgan fingerprint density at radius 1 is 0.914 bits per heavy atom. The number of rotatable bonds is 8. The third-order valence-electron chi connectivity index (χ3n) is 6.97. The first-order chi connectivity index (χ1) is 17.1. The van der Waals surface area contributed by atoms with Crippen molar-refractivity contribution >= 4 is 22.7 Å². The number of benzene rings is 3. The van der Waals surface area contributed by atoms with Crippen LogP contribution in [0.1, 0.15) is 37.8 Å². The molecule has 3 nitrogen and oxygen atoms in total. The van der Waals surface area contributed by atoms with Gasteiger partial charge in [0.2, 0.25) is 0 Å². The highest BCUT2D eigenvalue weighted by Crippen LogP contribution is 2.45.